The summed E-state index contributed by atoms with van der Waals surface area (Å²) in [4.78, 5) is 33.1. The second-order valence-corrected chi connectivity index (χ2v) is 7.18. The SMILES string of the molecule is Cc1ccc(N2C[C@@]3(CCN(C(=O)c4ccccn4)C3)CC2=O)cc1. The number of aryl methyl sites for hydroxylation is 1. The number of carbonyl (C=O) groups excluding carboxylic acids is 2. The third-order valence-corrected chi connectivity index (χ3v) is 5.28. The summed E-state index contributed by atoms with van der Waals surface area (Å²) in [5, 5.41) is 0. The zero-order valence-corrected chi connectivity index (χ0v) is 14.3. The summed E-state index contributed by atoms with van der Waals surface area (Å²) in [5.74, 6) is 0.106. The van der Waals surface area contributed by atoms with Crippen LogP contribution in [0, 0.1) is 12.3 Å². The summed E-state index contributed by atoms with van der Waals surface area (Å²) in [6, 6.07) is 13.4. The predicted molar refractivity (Wildman–Crippen MR) is 95.3 cm³/mol. The van der Waals surface area contributed by atoms with Crippen molar-refractivity contribution in [2.45, 2.75) is 19.8 Å². The molecule has 0 unspecified atom stereocenters. The molecule has 5 heteroatoms. The van der Waals surface area contributed by atoms with Gasteiger partial charge in [-0.1, -0.05) is 23.8 Å². The zero-order chi connectivity index (χ0) is 17.4. The van der Waals surface area contributed by atoms with E-state index in [1.807, 2.05) is 47.1 Å². The Balaban J connectivity index is 1.50. The summed E-state index contributed by atoms with van der Waals surface area (Å²) in [5.41, 5.74) is 2.46. The maximum atomic E-state index is 12.6. The van der Waals surface area contributed by atoms with E-state index in [0.717, 1.165) is 12.1 Å². The molecule has 1 spiro atoms. The van der Waals surface area contributed by atoms with Crippen LogP contribution in [0.5, 0.6) is 0 Å². The van der Waals surface area contributed by atoms with Crippen molar-refractivity contribution in [3.63, 3.8) is 0 Å². The average molecular weight is 335 g/mol. The summed E-state index contributed by atoms with van der Waals surface area (Å²) in [6.45, 7) is 4.02. The van der Waals surface area contributed by atoms with Gasteiger partial charge in [-0.3, -0.25) is 14.6 Å². The minimum absolute atomic E-state index is 0.0429. The van der Waals surface area contributed by atoms with Gasteiger partial charge in [-0.25, -0.2) is 0 Å². The van der Waals surface area contributed by atoms with E-state index >= 15 is 0 Å². The molecule has 4 rings (SSSR count). The molecular weight excluding hydrogens is 314 g/mol. The number of hydrogen-bond acceptors (Lipinski definition) is 3. The van der Waals surface area contributed by atoms with Gasteiger partial charge in [0.25, 0.3) is 5.91 Å². The zero-order valence-electron chi connectivity index (χ0n) is 14.3. The van der Waals surface area contributed by atoms with Gasteiger partial charge in [-0.2, -0.15) is 0 Å². The molecule has 1 atom stereocenters. The Kier molecular flexibility index (Phi) is 3.79. The fourth-order valence-corrected chi connectivity index (χ4v) is 3.89. The van der Waals surface area contributed by atoms with Crippen molar-refractivity contribution in [3.8, 4) is 0 Å². The van der Waals surface area contributed by atoms with Crippen LogP contribution in [-0.4, -0.2) is 41.3 Å². The number of hydrogen-bond donors (Lipinski definition) is 0. The van der Waals surface area contributed by atoms with Crippen molar-refractivity contribution in [2.75, 3.05) is 24.5 Å². The normalized spacial score (nSPS) is 22.8. The number of likely N-dealkylation sites (tertiary alicyclic amines) is 1. The molecule has 25 heavy (non-hydrogen) atoms. The van der Waals surface area contributed by atoms with E-state index in [1.165, 1.54) is 5.56 Å². The van der Waals surface area contributed by atoms with E-state index < -0.39 is 0 Å². The van der Waals surface area contributed by atoms with Crippen molar-refractivity contribution in [2.24, 2.45) is 5.41 Å². The fourth-order valence-electron chi connectivity index (χ4n) is 3.89. The van der Waals surface area contributed by atoms with Crippen LogP contribution in [0.4, 0.5) is 5.69 Å². The summed E-state index contributed by atoms with van der Waals surface area (Å²) >= 11 is 0. The summed E-state index contributed by atoms with van der Waals surface area (Å²) < 4.78 is 0. The van der Waals surface area contributed by atoms with E-state index in [0.29, 0.717) is 31.7 Å². The standard InChI is InChI=1S/C20H21N3O2/c1-15-5-7-16(8-6-15)23-14-20(12-18(23)24)9-11-22(13-20)19(25)17-4-2-3-10-21-17/h2-8,10H,9,11-14H2,1H3/t20-/m0/s1. The topological polar surface area (TPSA) is 53.5 Å². The Bertz CT molecular complexity index is 803. The fraction of sp³-hybridized carbons (Fsp3) is 0.350. The van der Waals surface area contributed by atoms with Crippen LogP contribution >= 0.6 is 0 Å². The van der Waals surface area contributed by atoms with E-state index in [-0.39, 0.29) is 17.2 Å². The number of amides is 2. The second-order valence-electron chi connectivity index (χ2n) is 7.18. The molecule has 1 aromatic heterocycles. The number of aromatic nitrogens is 1. The molecule has 2 aliphatic heterocycles. The lowest BCUT2D eigenvalue weighted by molar-refractivity contribution is -0.117. The van der Waals surface area contributed by atoms with Crippen molar-refractivity contribution in [1.82, 2.24) is 9.88 Å². The first kappa shape index (κ1) is 15.8. The number of nitrogens with zero attached hydrogens (tertiary/aromatic N) is 3. The van der Waals surface area contributed by atoms with Gasteiger partial charge in [0.05, 0.1) is 0 Å². The smallest absolute Gasteiger partial charge is 0.272 e. The van der Waals surface area contributed by atoms with Gasteiger partial charge in [0.15, 0.2) is 0 Å². The molecule has 1 aromatic carbocycles. The van der Waals surface area contributed by atoms with Gasteiger partial charge < -0.3 is 9.80 Å². The molecule has 128 valence electrons. The van der Waals surface area contributed by atoms with Gasteiger partial charge in [-0.15, -0.1) is 0 Å². The number of carbonyl (C=O) groups is 2. The molecule has 0 bridgehead atoms. The Morgan fingerprint density at radius 3 is 2.64 bits per heavy atom. The quantitative estimate of drug-likeness (QED) is 0.848. The average Bonchev–Trinajstić information content (AvgIpc) is 3.19. The maximum Gasteiger partial charge on any atom is 0.272 e. The first-order valence-electron chi connectivity index (χ1n) is 8.64. The molecule has 0 saturated carbocycles. The molecule has 3 heterocycles. The van der Waals surface area contributed by atoms with Crippen LogP contribution in [0.25, 0.3) is 0 Å². The van der Waals surface area contributed by atoms with E-state index in [4.69, 9.17) is 0 Å². The first-order chi connectivity index (χ1) is 12.1. The number of pyridine rings is 1. The molecule has 2 aliphatic rings. The number of rotatable bonds is 2. The molecular formula is C20H21N3O2. The van der Waals surface area contributed by atoms with Crippen LogP contribution in [0.2, 0.25) is 0 Å². The highest BCUT2D eigenvalue weighted by atomic mass is 16.2. The third-order valence-electron chi connectivity index (χ3n) is 5.28. The van der Waals surface area contributed by atoms with Gasteiger partial charge >= 0.3 is 0 Å². The lowest BCUT2D eigenvalue weighted by Gasteiger charge is -2.24. The minimum Gasteiger partial charge on any atom is -0.337 e. The lowest BCUT2D eigenvalue weighted by atomic mass is 9.86. The minimum atomic E-state index is -0.133. The van der Waals surface area contributed by atoms with Gasteiger partial charge in [0, 0.05) is 43.4 Å². The Hall–Kier alpha value is -2.69. The van der Waals surface area contributed by atoms with Crippen molar-refractivity contribution in [3.05, 3.63) is 59.9 Å². The van der Waals surface area contributed by atoms with Gasteiger partial charge in [0.1, 0.15) is 5.69 Å². The highest BCUT2D eigenvalue weighted by Crippen LogP contribution is 2.42. The monoisotopic (exact) mass is 335 g/mol. The Labute approximate surface area is 147 Å². The molecule has 0 aliphatic carbocycles. The molecule has 0 radical (unpaired) electrons. The summed E-state index contributed by atoms with van der Waals surface area (Å²) in [6.07, 6.45) is 3.00. The van der Waals surface area contributed by atoms with Crippen LogP contribution < -0.4 is 4.90 Å². The molecule has 2 saturated heterocycles. The van der Waals surface area contributed by atoms with Crippen molar-refractivity contribution in [1.29, 1.82) is 0 Å². The van der Waals surface area contributed by atoms with Crippen LogP contribution in [0.15, 0.2) is 48.7 Å². The highest BCUT2D eigenvalue weighted by molar-refractivity contribution is 5.97. The molecule has 2 amide bonds. The van der Waals surface area contributed by atoms with Gasteiger partial charge in [0.2, 0.25) is 5.91 Å². The second kappa shape index (κ2) is 5.99. The van der Waals surface area contributed by atoms with Crippen molar-refractivity contribution < 1.29 is 9.59 Å². The molecule has 2 aromatic rings. The molecule has 2 fully saturated rings. The van der Waals surface area contributed by atoms with Crippen LogP contribution in [0.3, 0.4) is 0 Å². The van der Waals surface area contributed by atoms with Gasteiger partial charge in [-0.05, 0) is 37.6 Å². The van der Waals surface area contributed by atoms with E-state index in [1.54, 1.807) is 18.3 Å². The Morgan fingerprint density at radius 1 is 1.12 bits per heavy atom. The highest BCUT2D eigenvalue weighted by Gasteiger charge is 2.48. The van der Waals surface area contributed by atoms with Crippen molar-refractivity contribution >= 4 is 17.5 Å². The molecule has 0 N–H and O–H groups in total. The van der Waals surface area contributed by atoms with E-state index in [2.05, 4.69) is 4.98 Å². The molecule has 5 nitrogen and oxygen atoms in total. The maximum absolute atomic E-state index is 12.6. The van der Waals surface area contributed by atoms with Crippen LogP contribution in [0.1, 0.15) is 28.9 Å². The lowest BCUT2D eigenvalue weighted by Crippen LogP contribution is -2.34. The number of anilines is 1. The largest absolute Gasteiger partial charge is 0.337 e. The summed E-state index contributed by atoms with van der Waals surface area (Å²) in [7, 11) is 0. The Morgan fingerprint density at radius 2 is 1.92 bits per heavy atom. The third kappa shape index (κ3) is 2.90. The van der Waals surface area contributed by atoms with E-state index in [9.17, 15) is 9.59 Å². The predicted octanol–water partition coefficient (Wildman–Crippen LogP) is 2.66. The first-order valence-corrected chi connectivity index (χ1v) is 8.64. The number of benzene rings is 1. The van der Waals surface area contributed by atoms with Crippen LogP contribution in [-0.2, 0) is 4.79 Å².